The molecule has 2 aromatic heterocycles. The molecule has 0 amide bonds. The van der Waals surface area contributed by atoms with E-state index in [2.05, 4.69) is 34.2 Å². The van der Waals surface area contributed by atoms with E-state index in [1.807, 2.05) is 24.3 Å². The summed E-state index contributed by atoms with van der Waals surface area (Å²) in [6, 6.07) is 17.0. The molecule has 1 saturated heterocycles. The number of methoxy groups -OCH3 is 1. The van der Waals surface area contributed by atoms with E-state index < -0.39 is 10.0 Å². The second kappa shape index (κ2) is 11.4. The average Bonchev–Trinajstić information content (AvgIpc) is 3.43. The molecule has 11 heteroatoms. The van der Waals surface area contributed by atoms with E-state index in [1.165, 1.54) is 11.6 Å². The van der Waals surface area contributed by atoms with Gasteiger partial charge in [0, 0.05) is 0 Å². The molecule has 8 nitrogen and oxygen atoms in total. The number of carbonyl (C=O) groups is 1. The van der Waals surface area contributed by atoms with Crippen LogP contribution in [0.3, 0.4) is 0 Å². The van der Waals surface area contributed by atoms with E-state index in [-0.39, 0.29) is 16.1 Å². The summed E-state index contributed by atoms with van der Waals surface area (Å²) in [5.41, 5.74) is 3.09. The summed E-state index contributed by atoms with van der Waals surface area (Å²) in [5, 5.41) is 8.12. The summed E-state index contributed by atoms with van der Waals surface area (Å²) >= 11 is 6.91. The molecule has 0 radical (unpaired) electrons. The molecule has 1 aliphatic rings. The summed E-state index contributed by atoms with van der Waals surface area (Å²) in [7, 11) is -2.28. The molecule has 3 heterocycles. The van der Waals surface area contributed by atoms with Crippen LogP contribution in [0.25, 0.3) is 10.9 Å². The fourth-order valence-corrected chi connectivity index (χ4v) is 6.22. The Labute approximate surface area is 219 Å². The largest absolute Gasteiger partial charge is 0.496 e. The third-order valence-electron chi connectivity index (χ3n) is 5.76. The number of aromatic nitrogens is 2. The van der Waals surface area contributed by atoms with Crippen LogP contribution in [-0.2, 0) is 27.8 Å². The number of aldehydes is 1. The molecule has 1 atom stereocenters. The van der Waals surface area contributed by atoms with Crippen LogP contribution in [0.15, 0.2) is 58.8 Å². The molecular formula is C25H27ClN4O4S2. The highest BCUT2D eigenvalue weighted by atomic mass is 35.5. The SMILES string of the molecule is CCc1cccc(Cn2nc(NS(=O)(=O)c3ccc(Cl)s3)c3c(OC)cccc32)c1.O=CC1CCN1. The van der Waals surface area contributed by atoms with Crippen molar-refractivity contribution < 1.29 is 17.9 Å². The van der Waals surface area contributed by atoms with Crippen molar-refractivity contribution in [1.29, 1.82) is 0 Å². The molecule has 2 aromatic carbocycles. The van der Waals surface area contributed by atoms with Crippen molar-refractivity contribution in [3.8, 4) is 5.75 Å². The highest BCUT2D eigenvalue weighted by molar-refractivity contribution is 7.94. The number of benzene rings is 2. The lowest BCUT2D eigenvalue weighted by atomic mass is 10.1. The van der Waals surface area contributed by atoms with Gasteiger partial charge in [0.1, 0.15) is 16.2 Å². The molecule has 1 fully saturated rings. The maximum atomic E-state index is 12.9. The molecule has 0 aliphatic carbocycles. The highest BCUT2D eigenvalue weighted by Gasteiger charge is 2.23. The molecule has 4 aromatic rings. The number of halogens is 1. The summed E-state index contributed by atoms with van der Waals surface area (Å²) in [5.74, 6) is 0.765. The van der Waals surface area contributed by atoms with Gasteiger partial charge in [-0.15, -0.1) is 11.3 Å². The molecule has 2 N–H and O–H groups in total. The number of aryl methyl sites for hydroxylation is 1. The normalized spacial score (nSPS) is 15.0. The first-order valence-electron chi connectivity index (χ1n) is 11.4. The number of sulfonamides is 1. The first-order valence-corrected chi connectivity index (χ1v) is 14.1. The number of carbonyl (C=O) groups excluding carboxylic acids is 1. The number of hydrogen-bond acceptors (Lipinski definition) is 7. The van der Waals surface area contributed by atoms with E-state index >= 15 is 0 Å². The summed E-state index contributed by atoms with van der Waals surface area (Å²) in [6.07, 6.45) is 2.92. The molecule has 190 valence electrons. The number of rotatable bonds is 8. The topological polar surface area (TPSA) is 102 Å². The van der Waals surface area contributed by atoms with Gasteiger partial charge in [0.25, 0.3) is 10.0 Å². The molecule has 0 bridgehead atoms. The summed E-state index contributed by atoms with van der Waals surface area (Å²) in [4.78, 5) is 9.72. The minimum absolute atomic E-state index is 0.126. The minimum atomic E-state index is -3.83. The van der Waals surface area contributed by atoms with Crippen molar-refractivity contribution in [3.63, 3.8) is 0 Å². The minimum Gasteiger partial charge on any atom is -0.496 e. The van der Waals surface area contributed by atoms with E-state index in [0.29, 0.717) is 22.0 Å². The third-order valence-corrected chi connectivity index (χ3v) is 8.82. The standard InChI is InChI=1S/C21H20ClN3O3S2.C4H7NO/c1-3-14-6-4-7-15(12-14)13-25-16-8-5-9-17(28-2)20(16)21(23-25)24-30(26,27)19-11-10-18(22)29-19;6-3-4-1-2-5-4/h4-12H,3,13H2,1-2H3,(H,23,24);3-5H,1-2H2. The monoisotopic (exact) mass is 546 g/mol. The van der Waals surface area contributed by atoms with Gasteiger partial charge in [0.2, 0.25) is 0 Å². The summed E-state index contributed by atoms with van der Waals surface area (Å²) < 4.78 is 36.1. The average molecular weight is 547 g/mol. The fourth-order valence-electron chi connectivity index (χ4n) is 3.73. The van der Waals surface area contributed by atoms with E-state index in [4.69, 9.17) is 16.3 Å². The van der Waals surface area contributed by atoms with Gasteiger partial charge in [0.15, 0.2) is 5.82 Å². The Morgan fingerprint density at radius 3 is 2.56 bits per heavy atom. The molecule has 0 spiro atoms. The van der Waals surface area contributed by atoms with Crippen LogP contribution < -0.4 is 14.8 Å². The lowest BCUT2D eigenvalue weighted by molar-refractivity contribution is -0.110. The summed E-state index contributed by atoms with van der Waals surface area (Å²) in [6.45, 7) is 3.63. The van der Waals surface area contributed by atoms with Gasteiger partial charge in [-0.05, 0) is 54.8 Å². The van der Waals surface area contributed by atoms with Crippen molar-refractivity contribution in [1.82, 2.24) is 15.1 Å². The van der Waals surface area contributed by atoms with Crippen LogP contribution in [0, 0.1) is 0 Å². The van der Waals surface area contributed by atoms with Crippen LogP contribution in [0.2, 0.25) is 4.34 Å². The zero-order valence-electron chi connectivity index (χ0n) is 19.9. The van der Waals surface area contributed by atoms with Crippen LogP contribution in [-0.4, -0.2) is 44.2 Å². The number of nitrogens with zero attached hydrogens (tertiary/aromatic N) is 2. The maximum absolute atomic E-state index is 12.9. The lowest BCUT2D eigenvalue weighted by Crippen LogP contribution is -2.43. The van der Waals surface area contributed by atoms with Crippen LogP contribution in [0.4, 0.5) is 5.82 Å². The van der Waals surface area contributed by atoms with E-state index in [9.17, 15) is 13.2 Å². The second-order valence-electron chi connectivity index (χ2n) is 8.18. The van der Waals surface area contributed by atoms with Crippen molar-refractivity contribution in [2.45, 2.75) is 36.6 Å². The number of anilines is 1. The Kier molecular flexibility index (Phi) is 8.30. The lowest BCUT2D eigenvalue weighted by Gasteiger charge is -2.20. The molecule has 0 saturated carbocycles. The number of thiophene rings is 1. The Morgan fingerprint density at radius 2 is 1.97 bits per heavy atom. The van der Waals surface area contributed by atoms with E-state index in [1.54, 1.807) is 23.9 Å². The molecule has 1 aliphatic heterocycles. The predicted molar refractivity (Wildman–Crippen MR) is 144 cm³/mol. The van der Waals surface area contributed by atoms with Gasteiger partial charge in [-0.3, -0.25) is 9.40 Å². The first kappa shape index (κ1) is 26.2. The Balaban J connectivity index is 0.000000445. The van der Waals surface area contributed by atoms with Gasteiger partial charge in [-0.2, -0.15) is 5.10 Å². The fraction of sp³-hybridized carbons (Fsp3) is 0.280. The molecule has 5 rings (SSSR count). The van der Waals surface area contributed by atoms with Crippen molar-refractivity contribution in [2.24, 2.45) is 0 Å². The van der Waals surface area contributed by atoms with Crippen molar-refractivity contribution >= 4 is 56.0 Å². The Bertz CT molecular complexity index is 1460. The number of nitrogens with one attached hydrogen (secondary N) is 2. The van der Waals surface area contributed by atoms with Crippen LogP contribution in [0.1, 0.15) is 24.5 Å². The van der Waals surface area contributed by atoms with Crippen LogP contribution >= 0.6 is 22.9 Å². The quantitative estimate of drug-likeness (QED) is 0.310. The smallest absolute Gasteiger partial charge is 0.272 e. The number of fused-ring (bicyclic) bond motifs is 1. The highest BCUT2D eigenvalue weighted by Crippen LogP contribution is 2.35. The van der Waals surface area contributed by atoms with Gasteiger partial charge in [-0.1, -0.05) is 48.9 Å². The first-order chi connectivity index (χ1) is 17.3. The van der Waals surface area contributed by atoms with Crippen molar-refractivity contribution in [3.05, 3.63) is 70.1 Å². The molecule has 1 unspecified atom stereocenters. The molecular weight excluding hydrogens is 520 g/mol. The zero-order valence-corrected chi connectivity index (χ0v) is 22.3. The number of ether oxygens (including phenoxy) is 1. The van der Waals surface area contributed by atoms with Gasteiger partial charge in [0.05, 0.1) is 34.9 Å². The van der Waals surface area contributed by atoms with Gasteiger partial charge in [-0.25, -0.2) is 8.42 Å². The zero-order chi connectivity index (χ0) is 25.7. The number of hydrogen-bond donors (Lipinski definition) is 2. The Hall–Kier alpha value is -2.92. The molecule has 36 heavy (non-hydrogen) atoms. The van der Waals surface area contributed by atoms with Crippen LogP contribution in [0.5, 0.6) is 5.75 Å². The Morgan fingerprint density at radius 1 is 1.22 bits per heavy atom. The maximum Gasteiger partial charge on any atom is 0.272 e. The van der Waals surface area contributed by atoms with Gasteiger partial charge < -0.3 is 14.8 Å². The van der Waals surface area contributed by atoms with E-state index in [0.717, 1.165) is 48.1 Å². The van der Waals surface area contributed by atoms with Crippen molar-refractivity contribution in [2.75, 3.05) is 18.4 Å². The van der Waals surface area contributed by atoms with Gasteiger partial charge >= 0.3 is 0 Å². The predicted octanol–water partition coefficient (Wildman–Crippen LogP) is 4.72. The third kappa shape index (κ3) is 5.89. The second-order valence-corrected chi connectivity index (χ2v) is 11.8.